The van der Waals surface area contributed by atoms with Gasteiger partial charge in [0.2, 0.25) is 0 Å². The highest BCUT2D eigenvalue weighted by molar-refractivity contribution is 7.91. The van der Waals surface area contributed by atoms with Gasteiger partial charge in [-0.15, -0.1) is 0 Å². The predicted molar refractivity (Wildman–Crippen MR) is 146 cm³/mol. The highest BCUT2D eigenvalue weighted by atomic mass is 32.2. The van der Waals surface area contributed by atoms with E-state index in [0.717, 1.165) is 35.9 Å². The highest BCUT2D eigenvalue weighted by Gasteiger charge is 2.46. The van der Waals surface area contributed by atoms with Gasteiger partial charge in [0.25, 0.3) is 5.91 Å². The van der Waals surface area contributed by atoms with Gasteiger partial charge in [0.15, 0.2) is 15.5 Å². The molecule has 4 aromatic rings. The van der Waals surface area contributed by atoms with E-state index in [-0.39, 0.29) is 34.6 Å². The molecule has 2 bridgehead atoms. The third-order valence-electron chi connectivity index (χ3n) is 7.91. The zero-order chi connectivity index (χ0) is 27.5. The highest BCUT2D eigenvalue weighted by Crippen LogP contribution is 2.45. The van der Waals surface area contributed by atoms with E-state index in [1.165, 1.54) is 11.4 Å². The number of amides is 1. The molecule has 0 aliphatic carbocycles. The van der Waals surface area contributed by atoms with Crippen molar-refractivity contribution in [1.82, 2.24) is 24.5 Å². The Hall–Kier alpha value is -3.83. The number of nitrogen functional groups attached to an aromatic ring is 1. The van der Waals surface area contributed by atoms with Crippen molar-refractivity contribution < 1.29 is 18.3 Å². The van der Waals surface area contributed by atoms with Crippen molar-refractivity contribution in [2.75, 3.05) is 12.0 Å². The number of hydrogen-bond acceptors (Lipinski definition) is 8. The number of nitrogens with zero attached hydrogens (tertiary/aromatic N) is 5. The number of rotatable bonds is 5. The molecule has 0 saturated carbocycles. The molecule has 3 aromatic heterocycles. The molecule has 0 spiro atoms. The zero-order valence-corrected chi connectivity index (χ0v) is 22.5. The first-order chi connectivity index (χ1) is 18.6. The number of piperidine rings is 1. The minimum atomic E-state index is -3.74. The van der Waals surface area contributed by atoms with Gasteiger partial charge < -0.3 is 15.7 Å². The second kappa shape index (κ2) is 9.42. The van der Waals surface area contributed by atoms with E-state index in [2.05, 4.69) is 10.1 Å². The minimum absolute atomic E-state index is 0.0121. The molecule has 2 saturated heterocycles. The van der Waals surface area contributed by atoms with Gasteiger partial charge in [-0.3, -0.25) is 9.78 Å². The second-order valence-corrected chi connectivity index (χ2v) is 12.5. The van der Waals surface area contributed by atoms with Crippen LogP contribution in [0.2, 0.25) is 0 Å². The number of fused-ring (bicyclic) bond motifs is 3. The molecule has 0 radical (unpaired) electrons. The van der Waals surface area contributed by atoms with Gasteiger partial charge in [0, 0.05) is 47.1 Å². The van der Waals surface area contributed by atoms with Crippen LogP contribution in [0.5, 0.6) is 0 Å². The third kappa shape index (κ3) is 4.35. The molecule has 39 heavy (non-hydrogen) atoms. The maximum Gasteiger partial charge on any atom is 0.251 e. The number of nitrogens with two attached hydrogens (primary N) is 1. The first-order valence-electron chi connectivity index (χ1n) is 13.0. The van der Waals surface area contributed by atoms with Gasteiger partial charge in [-0.2, -0.15) is 9.61 Å². The summed E-state index contributed by atoms with van der Waals surface area (Å²) in [6.07, 6.45) is 6.16. The number of aliphatic hydroxyl groups is 1. The van der Waals surface area contributed by atoms with Gasteiger partial charge in [0.05, 0.1) is 17.6 Å². The molecule has 1 aromatic carbocycles. The normalized spacial score (nSPS) is 21.8. The lowest BCUT2D eigenvalue weighted by atomic mass is 9.87. The molecule has 11 heteroatoms. The first-order valence-corrected chi connectivity index (χ1v) is 14.9. The van der Waals surface area contributed by atoms with E-state index in [9.17, 15) is 18.3 Å². The summed E-state index contributed by atoms with van der Waals surface area (Å²) in [5.41, 5.74) is 10.7. The Balaban J connectivity index is 1.43. The third-order valence-corrected chi connectivity index (χ3v) is 9.07. The summed E-state index contributed by atoms with van der Waals surface area (Å²) in [4.78, 5) is 24.0. The first kappa shape index (κ1) is 25.4. The fourth-order valence-corrected chi connectivity index (χ4v) is 7.25. The number of pyridine rings is 1. The Bertz CT molecular complexity index is 1650. The summed E-state index contributed by atoms with van der Waals surface area (Å²) in [6.45, 7) is 1.48. The molecule has 2 aliphatic heterocycles. The average Bonchev–Trinajstić information content (AvgIpc) is 3.46. The number of anilines is 1. The van der Waals surface area contributed by atoms with Crippen molar-refractivity contribution >= 4 is 27.2 Å². The Morgan fingerprint density at radius 1 is 1.05 bits per heavy atom. The Labute approximate surface area is 226 Å². The van der Waals surface area contributed by atoms with Crippen molar-refractivity contribution in [2.45, 2.75) is 61.6 Å². The van der Waals surface area contributed by atoms with Crippen LogP contribution in [0.15, 0.2) is 59.8 Å². The molecule has 202 valence electrons. The van der Waals surface area contributed by atoms with E-state index in [1.807, 2.05) is 42.5 Å². The topological polar surface area (TPSA) is 144 Å². The van der Waals surface area contributed by atoms with Crippen LogP contribution in [0.3, 0.4) is 0 Å². The molecular weight excluding hydrogens is 516 g/mol. The summed E-state index contributed by atoms with van der Waals surface area (Å²) in [6, 6.07) is 13.6. The lowest BCUT2D eigenvalue weighted by Crippen LogP contribution is -2.49. The molecule has 10 nitrogen and oxygen atoms in total. The van der Waals surface area contributed by atoms with E-state index in [0.29, 0.717) is 29.7 Å². The fourth-order valence-electron chi connectivity index (χ4n) is 6.19. The van der Waals surface area contributed by atoms with Crippen LogP contribution in [0, 0.1) is 0 Å². The molecule has 6 rings (SSSR count). The van der Waals surface area contributed by atoms with Crippen molar-refractivity contribution in [2.24, 2.45) is 0 Å². The summed E-state index contributed by atoms with van der Waals surface area (Å²) in [7, 11) is -3.74. The van der Waals surface area contributed by atoms with Gasteiger partial charge in [0.1, 0.15) is 16.8 Å². The molecule has 5 heterocycles. The molecule has 3 N–H and O–H groups in total. The van der Waals surface area contributed by atoms with E-state index >= 15 is 0 Å². The van der Waals surface area contributed by atoms with Crippen LogP contribution in [0.25, 0.3) is 28.0 Å². The maximum atomic E-state index is 13.0. The quantitative estimate of drug-likeness (QED) is 0.389. The van der Waals surface area contributed by atoms with Gasteiger partial charge >= 0.3 is 0 Å². The number of carbonyl (C=O) groups excluding carboxylic acids is 1. The molecule has 0 unspecified atom stereocenters. The fraction of sp³-hybridized carbons (Fsp3) is 0.357. The number of aromatic nitrogens is 4. The van der Waals surface area contributed by atoms with Crippen molar-refractivity contribution in [1.29, 1.82) is 0 Å². The van der Waals surface area contributed by atoms with Crippen molar-refractivity contribution in [3.8, 4) is 22.4 Å². The SMILES string of the molecule is C[C@H](O)C(=O)N1[C@@H]2CC[C@H]1C[C@@H](c1nc3c(-c4ccc(-c5ccccc5)nc4)cnn3c(N)c1S(C)(=O)=O)C2. The largest absolute Gasteiger partial charge is 0.384 e. The van der Waals surface area contributed by atoms with E-state index in [1.54, 1.807) is 17.3 Å². The Morgan fingerprint density at radius 2 is 1.74 bits per heavy atom. The van der Waals surface area contributed by atoms with Gasteiger partial charge in [-0.05, 0) is 38.7 Å². The smallest absolute Gasteiger partial charge is 0.251 e. The Kier molecular flexibility index (Phi) is 6.15. The van der Waals surface area contributed by atoms with Crippen molar-refractivity contribution in [3.63, 3.8) is 0 Å². The van der Waals surface area contributed by atoms with Crippen LogP contribution < -0.4 is 5.73 Å². The Morgan fingerprint density at radius 3 is 2.33 bits per heavy atom. The molecular formula is C28H30N6O4S. The van der Waals surface area contributed by atoms with Crippen LogP contribution in [-0.2, 0) is 14.6 Å². The molecule has 2 fully saturated rings. The second-order valence-electron chi connectivity index (χ2n) is 10.6. The number of aliphatic hydroxyl groups excluding tert-OH is 1. The van der Waals surface area contributed by atoms with Crippen LogP contribution in [-0.4, -0.2) is 68.4 Å². The summed E-state index contributed by atoms with van der Waals surface area (Å²) in [5, 5.41) is 14.3. The number of carbonyl (C=O) groups is 1. The zero-order valence-electron chi connectivity index (χ0n) is 21.7. The molecule has 2 aliphatic rings. The molecule has 1 amide bonds. The molecule has 4 atom stereocenters. The van der Waals surface area contributed by atoms with Gasteiger partial charge in [-0.25, -0.2) is 13.4 Å². The van der Waals surface area contributed by atoms with Gasteiger partial charge in [-0.1, -0.05) is 36.4 Å². The predicted octanol–water partition coefficient (Wildman–Crippen LogP) is 3.06. The van der Waals surface area contributed by atoms with E-state index < -0.39 is 15.9 Å². The van der Waals surface area contributed by atoms with Crippen molar-refractivity contribution in [3.05, 3.63) is 60.6 Å². The summed E-state index contributed by atoms with van der Waals surface area (Å²) < 4.78 is 27.3. The average molecular weight is 547 g/mol. The summed E-state index contributed by atoms with van der Waals surface area (Å²) >= 11 is 0. The number of hydrogen-bond donors (Lipinski definition) is 2. The lowest BCUT2D eigenvalue weighted by molar-refractivity contribution is -0.144. The standard InChI is InChI=1S/C28H30N6O4S/c1-16(35)28(36)33-20-9-10-21(33)13-19(12-20)24-25(39(2,37)38)26(29)34-27(32-24)22(15-31-34)18-8-11-23(30-14-18)17-6-4-3-5-7-17/h3-8,11,14-16,19-21,35H,9-10,12-13,29H2,1-2H3/t16-,19-,20+,21-/m0/s1. The lowest BCUT2D eigenvalue weighted by Gasteiger charge is -2.39. The van der Waals surface area contributed by atoms with Crippen LogP contribution in [0.1, 0.15) is 44.2 Å². The number of benzene rings is 1. The van der Waals surface area contributed by atoms with Crippen LogP contribution in [0.4, 0.5) is 5.82 Å². The number of sulfone groups is 1. The maximum absolute atomic E-state index is 13.0. The summed E-state index contributed by atoms with van der Waals surface area (Å²) in [5.74, 6) is -0.469. The van der Waals surface area contributed by atoms with E-state index in [4.69, 9.17) is 10.7 Å². The van der Waals surface area contributed by atoms with Crippen LogP contribution >= 0.6 is 0 Å². The minimum Gasteiger partial charge on any atom is -0.384 e. The monoisotopic (exact) mass is 546 g/mol.